The smallest absolute Gasteiger partial charge is 0.126 e. The topological polar surface area (TPSA) is 57.9 Å². The maximum absolute atomic E-state index is 8.63. The number of ether oxygens (including phenoxy) is 1. The second-order valence-electron chi connectivity index (χ2n) is 4.25. The molecule has 0 saturated heterocycles. The van der Waals surface area contributed by atoms with Crippen LogP contribution in [0.3, 0.4) is 0 Å². The molecule has 0 bridgehead atoms. The molecule has 1 N–H and O–H groups in total. The second-order valence-corrected chi connectivity index (χ2v) is 4.25. The van der Waals surface area contributed by atoms with E-state index >= 15 is 0 Å². The summed E-state index contributed by atoms with van der Waals surface area (Å²) in [6, 6.07) is 5.61. The zero-order chi connectivity index (χ0) is 11.9. The van der Waals surface area contributed by atoms with Crippen molar-refractivity contribution in [3.63, 3.8) is 0 Å². The first-order valence-electron chi connectivity index (χ1n) is 6.10. The number of nitriles is 1. The van der Waals surface area contributed by atoms with Crippen molar-refractivity contribution < 1.29 is 4.74 Å². The SMILES string of the molecule is N#Cc1ccc(NCCOC2CCCC2)nc1. The van der Waals surface area contributed by atoms with E-state index in [-0.39, 0.29) is 0 Å². The van der Waals surface area contributed by atoms with Crippen LogP contribution in [0, 0.1) is 11.3 Å². The quantitative estimate of drug-likeness (QED) is 0.790. The molecule has 0 spiro atoms. The monoisotopic (exact) mass is 231 g/mol. The molecule has 1 aromatic rings. The molecule has 1 fully saturated rings. The lowest BCUT2D eigenvalue weighted by molar-refractivity contribution is 0.0658. The van der Waals surface area contributed by atoms with Gasteiger partial charge < -0.3 is 10.1 Å². The Bertz CT molecular complexity index is 377. The van der Waals surface area contributed by atoms with E-state index < -0.39 is 0 Å². The Balaban J connectivity index is 1.65. The summed E-state index contributed by atoms with van der Waals surface area (Å²) in [6.45, 7) is 1.47. The number of anilines is 1. The van der Waals surface area contributed by atoms with Crippen LogP contribution in [0.25, 0.3) is 0 Å². The summed E-state index contributed by atoms with van der Waals surface area (Å²) in [6.07, 6.45) is 7.04. The maximum Gasteiger partial charge on any atom is 0.126 e. The fraction of sp³-hybridized carbons (Fsp3) is 0.538. The highest BCUT2D eigenvalue weighted by Gasteiger charge is 2.14. The van der Waals surface area contributed by atoms with Crippen LogP contribution in [0.5, 0.6) is 0 Å². The molecule has 2 rings (SSSR count). The predicted molar refractivity (Wildman–Crippen MR) is 65.6 cm³/mol. The molecule has 17 heavy (non-hydrogen) atoms. The number of hydrogen-bond acceptors (Lipinski definition) is 4. The minimum absolute atomic E-state index is 0.464. The van der Waals surface area contributed by atoms with E-state index in [0.717, 1.165) is 12.4 Å². The van der Waals surface area contributed by atoms with Crippen molar-refractivity contribution >= 4 is 5.82 Å². The van der Waals surface area contributed by atoms with Crippen molar-refractivity contribution in [2.75, 3.05) is 18.5 Å². The van der Waals surface area contributed by atoms with Crippen LogP contribution in [0.15, 0.2) is 18.3 Å². The summed E-state index contributed by atoms with van der Waals surface area (Å²) in [5, 5.41) is 11.8. The molecule has 1 saturated carbocycles. The van der Waals surface area contributed by atoms with Gasteiger partial charge in [-0.15, -0.1) is 0 Å². The Labute approximate surface area is 102 Å². The Hall–Kier alpha value is -1.60. The molecule has 0 amide bonds. The number of nitrogens with zero attached hydrogens (tertiary/aromatic N) is 2. The molecule has 1 heterocycles. The highest BCUT2D eigenvalue weighted by Crippen LogP contribution is 2.20. The van der Waals surface area contributed by atoms with E-state index in [9.17, 15) is 0 Å². The van der Waals surface area contributed by atoms with Gasteiger partial charge in [-0.05, 0) is 25.0 Å². The van der Waals surface area contributed by atoms with Gasteiger partial charge in [-0.3, -0.25) is 0 Å². The summed E-state index contributed by atoms with van der Waals surface area (Å²) < 4.78 is 5.73. The van der Waals surface area contributed by atoms with Gasteiger partial charge in [-0.25, -0.2) is 4.98 Å². The molecule has 90 valence electrons. The fourth-order valence-electron chi connectivity index (χ4n) is 2.02. The predicted octanol–water partition coefficient (Wildman–Crippen LogP) is 2.32. The van der Waals surface area contributed by atoms with Crippen molar-refractivity contribution in [1.82, 2.24) is 4.98 Å². The molecule has 0 unspecified atom stereocenters. The van der Waals surface area contributed by atoms with Crippen LogP contribution in [-0.2, 0) is 4.74 Å². The molecular weight excluding hydrogens is 214 g/mol. The minimum atomic E-state index is 0.464. The van der Waals surface area contributed by atoms with Gasteiger partial charge in [0.05, 0.1) is 18.3 Å². The lowest BCUT2D eigenvalue weighted by Crippen LogP contribution is -2.15. The van der Waals surface area contributed by atoms with Crippen molar-refractivity contribution in [3.8, 4) is 6.07 Å². The normalized spacial score (nSPS) is 15.7. The van der Waals surface area contributed by atoms with Crippen molar-refractivity contribution in [1.29, 1.82) is 5.26 Å². The van der Waals surface area contributed by atoms with Crippen LogP contribution in [0.1, 0.15) is 31.2 Å². The zero-order valence-corrected chi connectivity index (χ0v) is 9.85. The molecule has 0 radical (unpaired) electrons. The second kappa shape index (κ2) is 6.21. The number of pyridine rings is 1. The number of nitrogens with one attached hydrogen (secondary N) is 1. The number of aromatic nitrogens is 1. The van der Waals surface area contributed by atoms with Crippen LogP contribution >= 0.6 is 0 Å². The summed E-state index contributed by atoms with van der Waals surface area (Å²) in [5.41, 5.74) is 0.581. The molecule has 1 aliphatic carbocycles. The third-order valence-corrected chi connectivity index (χ3v) is 2.96. The Morgan fingerprint density at radius 2 is 2.24 bits per heavy atom. The molecule has 4 heteroatoms. The van der Waals surface area contributed by atoms with Gasteiger partial charge in [-0.1, -0.05) is 12.8 Å². The summed E-state index contributed by atoms with van der Waals surface area (Å²) in [5.74, 6) is 0.791. The molecule has 0 aromatic carbocycles. The van der Waals surface area contributed by atoms with E-state index in [1.165, 1.54) is 25.7 Å². The van der Waals surface area contributed by atoms with Crippen LogP contribution in [0.4, 0.5) is 5.82 Å². The molecule has 4 nitrogen and oxygen atoms in total. The average Bonchev–Trinajstić information content (AvgIpc) is 2.88. The van der Waals surface area contributed by atoms with Crippen LogP contribution in [-0.4, -0.2) is 24.2 Å². The third-order valence-electron chi connectivity index (χ3n) is 2.96. The number of hydrogen-bond donors (Lipinski definition) is 1. The first-order valence-corrected chi connectivity index (χ1v) is 6.10. The third kappa shape index (κ3) is 3.72. The molecule has 1 aliphatic rings. The van der Waals surface area contributed by atoms with Gasteiger partial charge in [0.15, 0.2) is 0 Å². The Morgan fingerprint density at radius 1 is 1.41 bits per heavy atom. The summed E-state index contributed by atoms with van der Waals surface area (Å²) >= 11 is 0. The maximum atomic E-state index is 8.63. The standard InChI is InChI=1S/C13H17N3O/c14-9-11-5-6-13(16-10-11)15-7-8-17-12-3-1-2-4-12/h5-6,10,12H,1-4,7-8H2,(H,15,16). The minimum Gasteiger partial charge on any atom is -0.376 e. The van der Waals surface area contributed by atoms with Gasteiger partial charge in [0.2, 0.25) is 0 Å². The van der Waals surface area contributed by atoms with E-state index in [0.29, 0.717) is 18.3 Å². The first kappa shape index (κ1) is 11.9. The van der Waals surface area contributed by atoms with Crippen LogP contribution in [0.2, 0.25) is 0 Å². The highest BCUT2D eigenvalue weighted by molar-refractivity contribution is 5.38. The van der Waals surface area contributed by atoms with Crippen molar-refractivity contribution in [2.45, 2.75) is 31.8 Å². The fourth-order valence-corrected chi connectivity index (χ4v) is 2.02. The van der Waals surface area contributed by atoms with Gasteiger partial charge in [0, 0.05) is 12.7 Å². The Morgan fingerprint density at radius 3 is 2.88 bits per heavy atom. The van der Waals surface area contributed by atoms with Crippen LogP contribution < -0.4 is 5.32 Å². The van der Waals surface area contributed by atoms with Crippen molar-refractivity contribution in [2.24, 2.45) is 0 Å². The largest absolute Gasteiger partial charge is 0.376 e. The van der Waals surface area contributed by atoms with Gasteiger partial charge in [0.1, 0.15) is 11.9 Å². The Kier molecular flexibility index (Phi) is 4.34. The van der Waals surface area contributed by atoms with E-state index in [4.69, 9.17) is 10.00 Å². The average molecular weight is 231 g/mol. The zero-order valence-electron chi connectivity index (χ0n) is 9.85. The highest BCUT2D eigenvalue weighted by atomic mass is 16.5. The molecule has 1 aromatic heterocycles. The van der Waals surface area contributed by atoms with Gasteiger partial charge in [0.25, 0.3) is 0 Å². The van der Waals surface area contributed by atoms with Gasteiger partial charge >= 0.3 is 0 Å². The first-order chi connectivity index (χ1) is 8.38. The van der Waals surface area contributed by atoms with E-state index in [1.54, 1.807) is 12.3 Å². The molecular formula is C13H17N3O. The summed E-state index contributed by atoms with van der Waals surface area (Å²) in [4.78, 5) is 4.13. The van der Waals surface area contributed by atoms with Crippen molar-refractivity contribution in [3.05, 3.63) is 23.9 Å². The lowest BCUT2D eigenvalue weighted by Gasteiger charge is -2.11. The summed E-state index contributed by atoms with van der Waals surface area (Å²) in [7, 11) is 0. The van der Waals surface area contributed by atoms with E-state index in [2.05, 4.69) is 10.3 Å². The molecule has 0 atom stereocenters. The molecule has 0 aliphatic heterocycles. The number of rotatable bonds is 5. The lowest BCUT2D eigenvalue weighted by atomic mass is 10.3. The van der Waals surface area contributed by atoms with Gasteiger partial charge in [-0.2, -0.15) is 5.26 Å². The van der Waals surface area contributed by atoms with E-state index in [1.807, 2.05) is 12.1 Å².